The zero-order chi connectivity index (χ0) is 17.3. The number of imide groups is 1. The quantitative estimate of drug-likeness (QED) is 0.836. The Morgan fingerprint density at radius 2 is 2.17 bits per heavy atom. The summed E-state index contributed by atoms with van der Waals surface area (Å²) in [6, 6.07) is 6.93. The molecule has 0 bridgehead atoms. The number of urea groups is 1. The summed E-state index contributed by atoms with van der Waals surface area (Å²) in [7, 11) is 0. The number of nitrogens with zero attached hydrogens (tertiary/aromatic N) is 1. The van der Waals surface area contributed by atoms with Gasteiger partial charge in [-0.05, 0) is 43.4 Å². The Labute approximate surface area is 141 Å². The van der Waals surface area contributed by atoms with Crippen LogP contribution >= 0.6 is 0 Å². The van der Waals surface area contributed by atoms with Gasteiger partial charge in [0.2, 0.25) is 5.91 Å². The summed E-state index contributed by atoms with van der Waals surface area (Å²) in [5.41, 5.74) is 0.865. The number of amides is 4. The summed E-state index contributed by atoms with van der Waals surface area (Å²) in [5, 5.41) is 5.60. The first kappa shape index (κ1) is 16.5. The lowest BCUT2D eigenvalue weighted by Crippen LogP contribution is -2.54. The minimum absolute atomic E-state index is 0.0903. The lowest BCUT2D eigenvalue weighted by Gasteiger charge is -2.36. The SMILES string of the molecule is Cc1cccc(NC(=O)CN2C(=O)N[C@]3(CCCC[C@H]3C)C2=O)c1. The van der Waals surface area contributed by atoms with Crippen molar-refractivity contribution in [2.75, 3.05) is 11.9 Å². The Bertz CT molecular complexity index is 688. The standard InChI is InChI=1S/C18H23N3O3/c1-12-6-5-8-14(10-12)19-15(22)11-21-16(23)18(20-17(21)24)9-4-3-7-13(18)2/h5-6,8,10,13H,3-4,7,9,11H2,1-2H3,(H,19,22)(H,20,24)/t13-,18+/m1/s1. The first-order chi connectivity index (χ1) is 11.4. The number of benzene rings is 1. The lowest BCUT2D eigenvalue weighted by molar-refractivity contribution is -0.136. The molecule has 2 N–H and O–H groups in total. The van der Waals surface area contributed by atoms with Gasteiger partial charge in [0.1, 0.15) is 12.1 Å². The summed E-state index contributed by atoms with van der Waals surface area (Å²) >= 11 is 0. The fourth-order valence-electron chi connectivity index (χ4n) is 3.71. The van der Waals surface area contributed by atoms with Crippen molar-refractivity contribution in [1.82, 2.24) is 10.2 Å². The normalized spacial score (nSPS) is 26.6. The molecule has 6 heteroatoms. The number of aryl methyl sites for hydroxylation is 1. The van der Waals surface area contributed by atoms with Gasteiger partial charge in [-0.25, -0.2) is 4.79 Å². The highest BCUT2D eigenvalue weighted by Gasteiger charge is 2.55. The summed E-state index contributed by atoms with van der Waals surface area (Å²) < 4.78 is 0. The molecule has 4 amide bonds. The van der Waals surface area contributed by atoms with Crippen molar-refractivity contribution in [3.05, 3.63) is 29.8 Å². The zero-order valence-corrected chi connectivity index (χ0v) is 14.1. The van der Waals surface area contributed by atoms with E-state index in [0.29, 0.717) is 12.1 Å². The molecule has 3 rings (SSSR count). The number of carbonyl (C=O) groups excluding carboxylic acids is 3. The van der Waals surface area contributed by atoms with Crippen molar-refractivity contribution in [2.45, 2.75) is 45.1 Å². The Hall–Kier alpha value is -2.37. The van der Waals surface area contributed by atoms with Crippen molar-refractivity contribution < 1.29 is 14.4 Å². The van der Waals surface area contributed by atoms with Gasteiger partial charge in [0.05, 0.1) is 0 Å². The maximum atomic E-state index is 12.8. The monoisotopic (exact) mass is 329 g/mol. The first-order valence-corrected chi connectivity index (χ1v) is 8.43. The van der Waals surface area contributed by atoms with Gasteiger partial charge >= 0.3 is 6.03 Å². The lowest BCUT2D eigenvalue weighted by atomic mass is 9.73. The van der Waals surface area contributed by atoms with E-state index in [1.807, 2.05) is 32.0 Å². The second-order valence-electron chi connectivity index (χ2n) is 6.86. The van der Waals surface area contributed by atoms with Gasteiger partial charge < -0.3 is 10.6 Å². The van der Waals surface area contributed by atoms with Crippen molar-refractivity contribution in [3.63, 3.8) is 0 Å². The van der Waals surface area contributed by atoms with Crippen LogP contribution in [0.5, 0.6) is 0 Å². The van der Waals surface area contributed by atoms with E-state index in [4.69, 9.17) is 0 Å². The highest BCUT2D eigenvalue weighted by atomic mass is 16.2. The number of nitrogens with one attached hydrogen (secondary N) is 2. The third kappa shape index (κ3) is 2.88. The third-order valence-corrected chi connectivity index (χ3v) is 5.10. The van der Waals surface area contributed by atoms with Crippen molar-refractivity contribution in [1.29, 1.82) is 0 Å². The van der Waals surface area contributed by atoms with Crippen LogP contribution < -0.4 is 10.6 Å². The Kier molecular flexibility index (Phi) is 4.30. The zero-order valence-electron chi connectivity index (χ0n) is 14.1. The van der Waals surface area contributed by atoms with E-state index in [1.54, 1.807) is 6.07 Å². The summed E-state index contributed by atoms with van der Waals surface area (Å²) in [4.78, 5) is 38.4. The van der Waals surface area contributed by atoms with Crippen LogP contribution in [0.15, 0.2) is 24.3 Å². The van der Waals surface area contributed by atoms with E-state index < -0.39 is 11.6 Å². The number of hydrogen-bond acceptors (Lipinski definition) is 3. The Morgan fingerprint density at radius 3 is 2.88 bits per heavy atom. The molecule has 2 aliphatic rings. The van der Waals surface area contributed by atoms with Crippen LogP contribution in [0.3, 0.4) is 0 Å². The molecule has 1 aliphatic carbocycles. The van der Waals surface area contributed by atoms with Crippen molar-refractivity contribution >= 4 is 23.5 Å². The molecule has 0 radical (unpaired) electrons. The van der Waals surface area contributed by atoms with E-state index >= 15 is 0 Å². The van der Waals surface area contributed by atoms with Crippen LogP contribution in [0.1, 0.15) is 38.2 Å². The Morgan fingerprint density at radius 1 is 1.38 bits per heavy atom. The molecule has 0 unspecified atom stereocenters. The fraction of sp³-hybridized carbons (Fsp3) is 0.500. The average molecular weight is 329 g/mol. The molecule has 1 heterocycles. The largest absolute Gasteiger partial charge is 0.325 e. The smallest absolute Gasteiger partial charge is 0.325 e. The van der Waals surface area contributed by atoms with Crippen molar-refractivity contribution in [3.8, 4) is 0 Å². The van der Waals surface area contributed by atoms with Crippen LogP contribution in [0.25, 0.3) is 0 Å². The van der Waals surface area contributed by atoms with Gasteiger partial charge in [-0.15, -0.1) is 0 Å². The number of hydrogen-bond donors (Lipinski definition) is 2. The summed E-state index contributed by atoms with van der Waals surface area (Å²) in [5.74, 6) is -0.545. The van der Waals surface area contributed by atoms with Gasteiger partial charge in [-0.1, -0.05) is 31.9 Å². The topological polar surface area (TPSA) is 78.5 Å². The minimum atomic E-state index is -0.820. The summed E-state index contributed by atoms with van der Waals surface area (Å²) in [6.07, 6.45) is 3.55. The van der Waals surface area contributed by atoms with Crippen LogP contribution in [-0.2, 0) is 9.59 Å². The molecule has 1 spiro atoms. The first-order valence-electron chi connectivity index (χ1n) is 8.43. The molecule has 0 aromatic heterocycles. The number of rotatable bonds is 3. The number of anilines is 1. The molecule has 1 aliphatic heterocycles. The van der Waals surface area contributed by atoms with Crippen molar-refractivity contribution in [2.24, 2.45) is 5.92 Å². The van der Waals surface area contributed by atoms with Crippen LogP contribution in [-0.4, -0.2) is 34.8 Å². The van der Waals surface area contributed by atoms with Crippen LogP contribution in [0.4, 0.5) is 10.5 Å². The van der Waals surface area contributed by atoms with E-state index in [1.165, 1.54) is 0 Å². The second-order valence-corrected chi connectivity index (χ2v) is 6.86. The molecule has 1 saturated heterocycles. The van der Waals surface area contributed by atoms with Crippen LogP contribution in [0.2, 0.25) is 0 Å². The van der Waals surface area contributed by atoms with Gasteiger partial charge in [0, 0.05) is 5.69 Å². The van der Waals surface area contributed by atoms with Crippen LogP contribution in [0, 0.1) is 12.8 Å². The molecule has 2 fully saturated rings. The molecule has 128 valence electrons. The van der Waals surface area contributed by atoms with Gasteiger partial charge in [-0.2, -0.15) is 0 Å². The molecule has 1 aromatic carbocycles. The van der Waals surface area contributed by atoms with Gasteiger partial charge in [0.25, 0.3) is 5.91 Å². The molecule has 6 nitrogen and oxygen atoms in total. The predicted molar refractivity (Wildman–Crippen MR) is 90.4 cm³/mol. The molecule has 1 saturated carbocycles. The molecular weight excluding hydrogens is 306 g/mol. The van der Waals surface area contributed by atoms with Gasteiger partial charge in [-0.3, -0.25) is 14.5 Å². The maximum absolute atomic E-state index is 12.8. The molecule has 2 atom stereocenters. The molecule has 1 aromatic rings. The number of carbonyl (C=O) groups is 3. The highest BCUT2D eigenvalue weighted by Crippen LogP contribution is 2.38. The van der Waals surface area contributed by atoms with E-state index in [-0.39, 0.29) is 24.3 Å². The van der Waals surface area contributed by atoms with Gasteiger partial charge in [0.15, 0.2) is 0 Å². The second kappa shape index (κ2) is 6.26. The third-order valence-electron chi connectivity index (χ3n) is 5.10. The average Bonchev–Trinajstić information content (AvgIpc) is 2.75. The maximum Gasteiger partial charge on any atom is 0.325 e. The fourth-order valence-corrected chi connectivity index (χ4v) is 3.71. The highest BCUT2D eigenvalue weighted by molar-refractivity contribution is 6.10. The molecular formula is C18H23N3O3. The van der Waals surface area contributed by atoms with E-state index in [0.717, 1.165) is 29.7 Å². The van der Waals surface area contributed by atoms with E-state index in [9.17, 15) is 14.4 Å². The summed E-state index contributed by atoms with van der Waals surface area (Å²) in [6.45, 7) is 3.67. The molecule has 24 heavy (non-hydrogen) atoms. The Balaban J connectivity index is 1.70. The minimum Gasteiger partial charge on any atom is -0.325 e. The predicted octanol–water partition coefficient (Wildman–Crippen LogP) is 2.43. The van der Waals surface area contributed by atoms with E-state index in [2.05, 4.69) is 10.6 Å².